The van der Waals surface area contributed by atoms with Crippen LogP contribution in [-0.2, 0) is 23.7 Å². The van der Waals surface area contributed by atoms with E-state index in [0.29, 0.717) is 0 Å². The molecule has 2 aliphatic rings. The smallest absolute Gasteiger partial charge is 0.0543 e. The molecule has 0 amide bonds. The predicted molar refractivity (Wildman–Crippen MR) is 255 cm³/mol. The van der Waals surface area contributed by atoms with Crippen molar-refractivity contribution in [2.24, 2.45) is 0 Å². The lowest BCUT2D eigenvalue weighted by molar-refractivity contribution is 0.590. The summed E-state index contributed by atoms with van der Waals surface area (Å²) >= 11 is 0. The van der Waals surface area contributed by atoms with Gasteiger partial charge in [0.2, 0.25) is 0 Å². The Morgan fingerprint density at radius 2 is 0.898 bits per heavy atom. The normalized spacial score (nSPS) is 13.4. The van der Waals surface area contributed by atoms with Crippen LogP contribution in [0.15, 0.2) is 152 Å². The Hall–Kier alpha value is -6.12. The molecule has 0 N–H and O–H groups in total. The SMILES string of the molecule is C=CC1=C(C)Cc2c(N(c3ccc(C)cc3)c3ccc(C(C)(C)C)cc3)cc3c(c21)-c1c(cc(N(c2ccc(C)cc2)c2ccc(C(C)(C)C)cc2)c2ccccc12)C3. The van der Waals surface area contributed by atoms with Crippen molar-refractivity contribution in [1.82, 2.24) is 0 Å². The molecule has 0 spiro atoms. The number of nitrogens with zero attached hydrogens (tertiary/aromatic N) is 2. The van der Waals surface area contributed by atoms with Gasteiger partial charge in [0.15, 0.2) is 0 Å². The summed E-state index contributed by atoms with van der Waals surface area (Å²) in [5, 5.41) is 2.54. The molecule has 2 aliphatic carbocycles. The third-order valence-corrected chi connectivity index (χ3v) is 12.7. The molecule has 0 heterocycles. The van der Waals surface area contributed by atoms with Gasteiger partial charge < -0.3 is 9.80 Å². The van der Waals surface area contributed by atoms with Gasteiger partial charge in [-0.1, -0.05) is 144 Å². The van der Waals surface area contributed by atoms with E-state index >= 15 is 0 Å². The van der Waals surface area contributed by atoms with Crippen LogP contribution >= 0.6 is 0 Å². The van der Waals surface area contributed by atoms with Crippen molar-refractivity contribution in [1.29, 1.82) is 0 Å². The van der Waals surface area contributed by atoms with Gasteiger partial charge in [0.1, 0.15) is 0 Å². The van der Waals surface area contributed by atoms with Crippen LogP contribution in [-0.4, -0.2) is 0 Å². The van der Waals surface area contributed by atoms with E-state index in [1.54, 1.807) is 0 Å². The number of fused-ring (bicyclic) bond motifs is 7. The highest BCUT2D eigenvalue weighted by atomic mass is 15.2. The van der Waals surface area contributed by atoms with Crippen LogP contribution in [0.3, 0.4) is 0 Å². The molecule has 0 radical (unpaired) electrons. The Morgan fingerprint density at radius 3 is 1.37 bits per heavy atom. The molecule has 7 aromatic carbocycles. The quantitative estimate of drug-likeness (QED) is 0.159. The van der Waals surface area contributed by atoms with Crippen molar-refractivity contribution in [2.45, 2.75) is 86.0 Å². The van der Waals surface area contributed by atoms with Gasteiger partial charge in [0, 0.05) is 28.1 Å². The van der Waals surface area contributed by atoms with Gasteiger partial charge in [-0.25, -0.2) is 0 Å². The molecular formula is C57H56N2. The molecular weight excluding hydrogens is 713 g/mol. The predicted octanol–water partition coefficient (Wildman–Crippen LogP) is 16.1. The highest BCUT2D eigenvalue weighted by Crippen LogP contribution is 2.55. The molecule has 294 valence electrons. The lowest BCUT2D eigenvalue weighted by Gasteiger charge is -2.30. The number of rotatable bonds is 7. The van der Waals surface area contributed by atoms with Gasteiger partial charge in [-0.05, 0) is 161 Å². The van der Waals surface area contributed by atoms with Gasteiger partial charge in [0.25, 0.3) is 0 Å². The number of aryl methyl sites for hydroxylation is 2. The monoisotopic (exact) mass is 768 g/mol. The first-order chi connectivity index (χ1) is 28.2. The first-order valence-electron chi connectivity index (χ1n) is 21.2. The molecule has 0 saturated heterocycles. The summed E-state index contributed by atoms with van der Waals surface area (Å²) in [7, 11) is 0. The van der Waals surface area contributed by atoms with Crippen LogP contribution in [0, 0.1) is 13.8 Å². The van der Waals surface area contributed by atoms with E-state index in [2.05, 4.69) is 218 Å². The van der Waals surface area contributed by atoms with E-state index in [1.165, 1.54) is 100 Å². The molecule has 0 unspecified atom stereocenters. The average Bonchev–Trinajstić information content (AvgIpc) is 3.75. The van der Waals surface area contributed by atoms with E-state index in [-0.39, 0.29) is 10.8 Å². The van der Waals surface area contributed by atoms with E-state index in [1.807, 2.05) is 0 Å². The van der Waals surface area contributed by atoms with Crippen molar-refractivity contribution in [3.05, 3.63) is 196 Å². The molecule has 9 rings (SSSR count). The van der Waals surface area contributed by atoms with Gasteiger partial charge in [-0.2, -0.15) is 0 Å². The third-order valence-electron chi connectivity index (χ3n) is 12.7. The summed E-state index contributed by atoms with van der Waals surface area (Å²) in [6, 6.07) is 50.5. The Kier molecular flexibility index (Phi) is 9.31. The van der Waals surface area contributed by atoms with Gasteiger partial charge >= 0.3 is 0 Å². The summed E-state index contributed by atoms with van der Waals surface area (Å²) < 4.78 is 0. The molecule has 59 heavy (non-hydrogen) atoms. The maximum Gasteiger partial charge on any atom is 0.0543 e. The van der Waals surface area contributed by atoms with Crippen LogP contribution in [0.25, 0.3) is 27.5 Å². The zero-order chi connectivity index (χ0) is 41.4. The fourth-order valence-electron chi connectivity index (χ4n) is 9.41. The second-order valence-electron chi connectivity index (χ2n) is 18.9. The molecule has 7 aromatic rings. The minimum absolute atomic E-state index is 0.0697. The fourth-order valence-corrected chi connectivity index (χ4v) is 9.41. The standard InChI is InChI=1S/C57H56N2/c1-11-47-38(4)32-50-52(59(44-26-18-37(3)19-27-44)46-30-22-42(23-31-46)57(8,9)10)35-40-33-39-34-51(48-14-12-13-15-49(48)53(39)54(40)55(47)50)58(43-24-16-36(2)17-25-43)45-28-20-41(21-29-45)56(5,6)7/h11-31,34-35H,1,32-33H2,2-10H3. The van der Waals surface area contributed by atoms with E-state index in [0.717, 1.165) is 24.2 Å². The van der Waals surface area contributed by atoms with E-state index in [4.69, 9.17) is 0 Å². The largest absolute Gasteiger partial charge is 0.310 e. The molecule has 0 aromatic heterocycles. The van der Waals surface area contributed by atoms with Crippen LogP contribution in [0.2, 0.25) is 0 Å². The molecule has 2 nitrogen and oxygen atoms in total. The maximum atomic E-state index is 4.42. The fraction of sp³-hybridized carbons (Fsp3) is 0.228. The summed E-state index contributed by atoms with van der Waals surface area (Å²) in [6.07, 6.45) is 3.84. The number of allylic oxidation sites excluding steroid dienone is 3. The summed E-state index contributed by atoms with van der Waals surface area (Å²) in [5.41, 5.74) is 23.2. The second kappa shape index (κ2) is 14.3. The van der Waals surface area contributed by atoms with Crippen molar-refractivity contribution < 1.29 is 0 Å². The second-order valence-corrected chi connectivity index (χ2v) is 18.9. The molecule has 0 fully saturated rings. The van der Waals surface area contributed by atoms with Crippen molar-refractivity contribution in [2.75, 3.05) is 9.80 Å². The maximum absolute atomic E-state index is 4.42. The highest BCUT2D eigenvalue weighted by molar-refractivity contribution is 6.12. The molecule has 0 atom stereocenters. The molecule has 0 saturated carbocycles. The van der Waals surface area contributed by atoms with Crippen molar-refractivity contribution in [3.8, 4) is 11.1 Å². The Morgan fingerprint density at radius 1 is 0.475 bits per heavy atom. The highest BCUT2D eigenvalue weighted by Gasteiger charge is 2.35. The molecule has 2 heteroatoms. The summed E-state index contributed by atoms with van der Waals surface area (Å²) in [4.78, 5) is 4.96. The van der Waals surface area contributed by atoms with Crippen LogP contribution in [0.1, 0.15) is 93.0 Å². The number of hydrogen-bond donors (Lipinski definition) is 0. The van der Waals surface area contributed by atoms with Crippen LogP contribution < -0.4 is 9.80 Å². The Bertz CT molecular complexity index is 2780. The van der Waals surface area contributed by atoms with E-state index in [9.17, 15) is 0 Å². The Balaban J connectivity index is 1.28. The minimum Gasteiger partial charge on any atom is -0.310 e. The van der Waals surface area contributed by atoms with Gasteiger partial charge in [-0.15, -0.1) is 0 Å². The number of hydrogen-bond acceptors (Lipinski definition) is 2. The topological polar surface area (TPSA) is 6.48 Å². The first kappa shape index (κ1) is 38.4. The average molecular weight is 769 g/mol. The van der Waals surface area contributed by atoms with Crippen LogP contribution in [0.4, 0.5) is 34.1 Å². The summed E-state index contributed by atoms with van der Waals surface area (Å²) in [6.45, 7) is 24.7. The lowest BCUT2D eigenvalue weighted by Crippen LogP contribution is -2.15. The van der Waals surface area contributed by atoms with Crippen molar-refractivity contribution >= 4 is 50.5 Å². The van der Waals surface area contributed by atoms with Crippen molar-refractivity contribution in [3.63, 3.8) is 0 Å². The zero-order valence-corrected chi connectivity index (χ0v) is 36.3. The van der Waals surface area contributed by atoms with E-state index < -0.39 is 0 Å². The summed E-state index contributed by atoms with van der Waals surface area (Å²) in [5.74, 6) is 0. The number of benzene rings is 7. The van der Waals surface area contributed by atoms with Gasteiger partial charge in [0.05, 0.1) is 11.4 Å². The first-order valence-corrected chi connectivity index (χ1v) is 21.2. The molecule has 0 bridgehead atoms. The molecule has 0 aliphatic heterocycles. The van der Waals surface area contributed by atoms with Crippen LogP contribution in [0.5, 0.6) is 0 Å². The lowest BCUT2D eigenvalue weighted by atomic mass is 9.86. The number of anilines is 6. The minimum atomic E-state index is 0.0697. The zero-order valence-electron chi connectivity index (χ0n) is 36.3. The van der Waals surface area contributed by atoms with Gasteiger partial charge in [-0.3, -0.25) is 0 Å². The third kappa shape index (κ3) is 6.69. The Labute approximate surface area is 352 Å².